The van der Waals surface area contributed by atoms with Crippen LogP contribution in [0, 0.1) is 0 Å². The van der Waals surface area contributed by atoms with E-state index < -0.39 is 18.6 Å². The number of ether oxygens (including phenoxy) is 1. The number of rotatable bonds is 5. The van der Waals surface area contributed by atoms with Gasteiger partial charge >= 0.3 is 5.97 Å². The van der Waals surface area contributed by atoms with Crippen LogP contribution in [0.15, 0.2) is 0 Å². The first kappa shape index (κ1) is 10.9. The lowest BCUT2D eigenvalue weighted by molar-refractivity contribution is -0.151. The Balaban J connectivity index is 3.93. The van der Waals surface area contributed by atoms with Crippen molar-refractivity contribution in [3.63, 3.8) is 0 Å². The highest BCUT2D eigenvalue weighted by Crippen LogP contribution is 1.93. The molecule has 0 aromatic carbocycles. The van der Waals surface area contributed by atoms with E-state index in [-0.39, 0.29) is 6.10 Å². The summed E-state index contributed by atoms with van der Waals surface area (Å²) in [6.45, 7) is 2.92. The maximum absolute atomic E-state index is 11.0. The third kappa shape index (κ3) is 3.92. The molecule has 5 heteroatoms. The second-order valence-electron chi connectivity index (χ2n) is 2.51. The molecule has 70 valence electrons. The molecule has 0 saturated carbocycles. The SMILES string of the molecule is CC(C)OC(=O)[C@H](CO)NC=O. The van der Waals surface area contributed by atoms with Gasteiger partial charge in [-0.1, -0.05) is 0 Å². The van der Waals surface area contributed by atoms with Crippen LogP contribution < -0.4 is 5.32 Å². The molecule has 0 saturated heterocycles. The van der Waals surface area contributed by atoms with Crippen LogP contribution >= 0.6 is 0 Å². The molecule has 0 aromatic rings. The summed E-state index contributed by atoms with van der Waals surface area (Å²) in [7, 11) is 0. The first-order valence-electron chi connectivity index (χ1n) is 3.62. The molecule has 0 bridgehead atoms. The zero-order valence-electron chi connectivity index (χ0n) is 7.11. The van der Waals surface area contributed by atoms with Gasteiger partial charge in [0.2, 0.25) is 6.41 Å². The smallest absolute Gasteiger partial charge is 0.331 e. The molecule has 0 radical (unpaired) electrons. The van der Waals surface area contributed by atoms with Crippen molar-refractivity contribution in [1.82, 2.24) is 5.32 Å². The van der Waals surface area contributed by atoms with Gasteiger partial charge in [0.1, 0.15) is 6.04 Å². The number of hydrogen-bond donors (Lipinski definition) is 2. The van der Waals surface area contributed by atoms with Crippen LogP contribution in [0.4, 0.5) is 0 Å². The highest BCUT2D eigenvalue weighted by Gasteiger charge is 2.18. The number of nitrogens with one attached hydrogen (secondary N) is 1. The van der Waals surface area contributed by atoms with Crippen LogP contribution in [0.25, 0.3) is 0 Å². The normalized spacial score (nSPS) is 12.3. The number of hydrogen-bond acceptors (Lipinski definition) is 4. The van der Waals surface area contributed by atoms with Gasteiger partial charge in [-0.05, 0) is 13.8 Å². The summed E-state index contributed by atoms with van der Waals surface area (Å²) in [6.07, 6.45) is 0.0997. The first-order valence-corrected chi connectivity index (χ1v) is 3.62. The predicted octanol–water partition coefficient (Wildman–Crippen LogP) is -0.955. The topological polar surface area (TPSA) is 75.6 Å². The van der Waals surface area contributed by atoms with Gasteiger partial charge in [0.15, 0.2) is 0 Å². The average molecular weight is 175 g/mol. The molecule has 0 aromatic heterocycles. The third-order valence-corrected chi connectivity index (χ3v) is 1.09. The number of aliphatic hydroxyl groups excluding tert-OH is 1. The van der Waals surface area contributed by atoms with Crippen molar-refractivity contribution in [3.8, 4) is 0 Å². The molecule has 12 heavy (non-hydrogen) atoms. The maximum atomic E-state index is 11.0. The minimum absolute atomic E-state index is 0.250. The minimum Gasteiger partial charge on any atom is -0.461 e. The Labute approximate surface area is 70.7 Å². The van der Waals surface area contributed by atoms with Crippen molar-refractivity contribution in [1.29, 1.82) is 0 Å². The quantitative estimate of drug-likeness (QED) is 0.417. The summed E-state index contributed by atoms with van der Waals surface area (Å²) < 4.78 is 4.74. The van der Waals surface area contributed by atoms with Crippen molar-refractivity contribution in [3.05, 3.63) is 0 Å². The largest absolute Gasteiger partial charge is 0.461 e. The molecule has 1 amide bonds. The van der Waals surface area contributed by atoms with Gasteiger partial charge in [-0.15, -0.1) is 0 Å². The predicted molar refractivity (Wildman–Crippen MR) is 41.3 cm³/mol. The number of aliphatic hydroxyl groups is 1. The second-order valence-corrected chi connectivity index (χ2v) is 2.51. The van der Waals surface area contributed by atoms with Crippen LogP contribution in [-0.2, 0) is 14.3 Å². The minimum atomic E-state index is -0.954. The molecule has 0 spiro atoms. The first-order chi connectivity index (χ1) is 5.61. The average Bonchev–Trinajstić information content (AvgIpc) is 1.98. The monoisotopic (exact) mass is 175 g/mol. The molecule has 0 aliphatic rings. The van der Waals surface area contributed by atoms with Crippen molar-refractivity contribution >= 4 is 12.4 Å². The van der Waals surface area contributed by atoms with Gasteiger partial charge in [0.25, 0.3) is 0 Å². The van der Waals surface area contributed by atoms with Gasteiger partial charge in [0, 0.05) is 0 Å². The van der Waals surface area contributed by atoms with Crippen LogP contribution in [0.5, 0.6) is 0 Å². The van der Waals surface area contributed by atoms with E-state index in [9.17, 15) is 9.59 Å². The van der Waals surface area contributed by atoms with Crippen LogP contribution in [0.2, 0.25) is 0 Å². The van der Waals surface area contributed by atoms with E-state index in [1.54, 1.807) is 13.8 Å². The van der Waals surface area contributed by atoms with Crippen molar-refractivity contribution < 1.29 is 19.4 Å². The van der Waals surface area contributed by atoms with Crippen LogP contribution in [0.1, 0.15) is 13.8 Å². The fourth-order valence-electron chi connectivity index (χ4n) is 0.592. The summed E-state index contributed by atoms with van der Waals surface area (Å²) in [5, 5.41) is 10.8. The van der Waals surface area contributed by atoms with Gasteiger partial charge in [-0.25, -0.2) is 4.79 Å². The Morgan fingerprint density at radius 2 is 2.25 bits per heavy atom. The molecule has 1 atom stereocenters. The standard InChI is InChI=1S/C7H13NO4/c1-5(2)12-7(11)6(3-9)8-4-10/h4-6,9H,3H2,1-2H3,(H,8,10)/t6-/m0/s1. The number of carbonyl (C=O) groups excluding carboxylic acids is 2. The van der Waals surface area contributed by atoms with Crippen LogP contribution in [-0.4, -0.2) is 36.2 Å². The lowest BCUT2D eigenvalue weighted by Gasteiger charge is -2.14. The number of carbonyl (C=O) groups is 2. The molecule has 0 aliphatic heterocycles. The van der Waals surface area contributed by atoms with Gasteiger partial charge < -0.3 is 15.2 Å². The summed E-state index contributed by atoms with van der Waals surface area (Å²) in [6, 6.07) is -0.954. The number of esters is 1. The Hall–Kier alpha value is -1.10. The highest BCUT2D eigenvalue weighted by molar-refractivity contribution is 5.78. The highest BCUT2D eigenvalue weighted by atomic mass is 16.5. The van der Waals surface area contributed by atoms with Gasteiger partial charge in [-0.2, -0.15) is 0 Å². The Kier molecular flexibility index (Phi) is 5.03. The molecular formula is C7H13NO4. The van der Waals surface area contributed by atoms with Crippen molar-refractivity contribution in [2.24, 2.45) is 0 Å². The molecule has 5 nitrogen and oxygen atoms in total. The van der Waals surface area contributed by atoms with E-state index in [4.69, 9.17) is 9.84 Å². The molecule has 0 aliphatic carbocycles. The zero-order chi connectivity index (χ0) is 9.56. The second kappa shape index (κ2) is 5.54. The van der Waals surface area contributed by atoms with E-state index in [0.717, 1.165) is 0 Å². The maximum Gasteiger partial charge on any atom is 0.331 e. The molecule has 2 N–H and O–H groups in total. The van der Waals surface area contributed by atoms with Gasteiger partial charge in [0.05, 0.1) is 12.7 Å². The van der Waals surface area contributed by atoms with Crippen molar-refractivity contribution in [2.45, 2.75) is 26.0 Å². The van der Waals surface area contributed by atoms with Gasteiger partial charge in [-0.3, -0.25) is 4.79 Å². The Morgan fingerprint density at radius 1 is 1.67 bits per heavy atom. The van der Waals surface area contributed by atoms with E-state index >= 15 is 0 Å². The van der Waals surface area contributed by atoms with Crippen molar-refractivity contribution in [2.75, 3.05) is 6.61 Å². The summed E-state index contributed by atoms with van der Waals surface area (Å²) in [4.78, 5) is 20.9. The molecule has 0 fully saturated rings. The lowest BCUT2D eigenvalue weighted by Crippen LogP contribution is -2.41. The van der Waals surface area contributed by atoms with E-state index in [2.05, 4.69) is 5.32 Å². The Bertz CT molecular complexity index is 157. The Morgan fingerprint density at radius 3 is 2.58 bits per heavy atom. The molecular weight excluding hydrogens is 162 g/mol. The van der Waals surface area contributed by atoms with E-state index in [1.807, 2.05) is 0 Å². The summed E-state index contributed by atoms with van der Waals surface area (Å²) in [5.74, 6) is -0.625. The fourth-order valence-corrected chi connectivity index (χ4v) is 0.592. The van der Waals surface area contributed by atoms with Crippen LogP contribution in [0.3, 0.4) is 0 Å². The molecule has 0 rings (SSSR count). The lowest BCUT2D eigenvalue weighted by atomic mass is 10.3. The fraction of sp³-hybridized carbons (Fsp3) is 0.714. The third-order valence-electron chi connectivity index (χ3n) is 1.09. The summed E-state index contributed by atoms with van der Waals surface area (Å²) in [5.41, 5.74) is 0. The molecule has 0 unspecified atom stereocenters. The zero-order valence-corrected chi connectivity index (χ0v) is 7.11. The van der Waals surface area contributed by atoms with E-state index in [0.29, 0.717) is 6.41 Å². The van der Waals surface area contributed by atoms with E-state index in [1.165, 1.54) is 0 Å². The number of amides is 1. The molecule has 0 heterocycles. The summed E-state index contributed by atoms with van der Waals surface area (Å²) >= 11 is 0.